The molecular weight excluding hydrogens is 432 g/mol. The second kappa shape index (κ2) is 10.6. The Bertz CT molecular complexity index is 1080. The maximum absolute atomic E-state index is 13.1. The molecule has 0 aliphatic carbocycles. The Morgan fingerprint density at radius 2 is 1.85 bits per heavy atom. The zero-order chi connectivity index (χ0) is 24.1. The summed E-state index contributed by atoms with van der Waals surface area (Å²) < 4.78 is 10.9. The third-order valence-electron chi connectivity index (χ3n) is 6.22. The molecule has 8 heteroatoms. The molecule has 180 valence electrons. The molecule has 2 amide bonds. The molecule has 2 aromatic rings. The number of esters is 1. The van der Waals surface area contributed by atoms with E-state index in [1.807, 2.05) is 24.3 Å². The molecule has 1 saturated heterocycles. The summed E-state index contributed by atoms with van der Waals surface area (Å²) >= 11 is 0. The minimum Gasteiger partial charge on any atom is -0.496 e. The van der Waals surface area contributed by atoms with E-state index in [9.17, 15) is 9.59 Å². The van der Waals surface area contributed by atoms with Crippen LogP contribution in [0.2, 0.25) is 0 Å². The van der Waals surface area contributed by atoms with Gasteiger partial charge >= 0.3 is 12.0 Å². The molecule has 0 aromatic heterocycles. The van der Waals surface area contributed by atoms with Crippen LogP contribution in [-0.2, 0) is 9.53 Å². The number of hydrogen-bond donors (Lipinski definition) is 2. The van der Waals surface area contributed by atoms with Crippen LogP contribution in [0.1, 0.15) is 24.1 Å². The fourth-order valence-electron chi connectivity index (χ4n) is 4.54. The van der Waals surface area contributed by atoms with Crippen LogP contribution < -0.4 is 20.3 Å². The number of amides is 2. The molecular formula is C26H32N4O4. The van der Waals surface area contributed by atoms with Gasteiger partial charge in [-0.3, -0.25) is 4.90 Å². The third kappa shape index (κ3) is 5.17. The van der Waals surface area contributed by atoms with E-state index in [0.29, 0.717) is 29.1 Å². The molecule has 0 bridgehead atoms. The number of nitrogens with one attached hydrogen (secondary N) is 2. The molecule has 0 radical (unpaired) electrons. The minimum atomic E-state index is -0.660. The lowest BCUT2D eigenvalue weighted by Crippen LogP contribution is -2.51. The van der Waals surface area contributed by atoms with Crippen molar-refractivity contribution < 1.29 is 19.1 Å². The topological polar surface area (TPSA) is 83.1 Å². The molecule has 8 nitrogen and oxygen atoms in total. The number of ether oxygens (including phenoxy) is 2. The van der Waals surface area contributed by atoms with Crippen molar-refractivity contribution in [1.82, 2.24) is 15.5 Å². The van der Waals surface area contributed by atoms with Gasteiger partial charge in [0, 0.05) is 49.7 Å². The lowest BCUT2D eigenvalue weighted by atomic mass is 9.94. The van der Waals surface area contributed by atoms with Gasteiger partial charge in [-0.15, -0.1) is 0 Å². The predicted octanol–water partition coefficient (Wildman–Crippen LogP) is 3.00. The van der Waals surface area contributed by atoms with Gasteiger partial charge in [0.2, 0.25) is 0 Å². The molecule has 0 unspecified atom stereocenters. The van der Waals surface area contributed by atoms with E-state index in [0.717, 1.165) is 26.2 Å². The molecule has 0 spiro atoms. The van der Waals surface area contributed by atoms with Crippen LogP contribution in [0.25, 0.3) is 0 Å². The Morgan fingerprint density at radius 1 is 1.09 bits per heavy atom. The number of carbonyl (C=O) groups excluding carboxylic acids is 2. The molecule has 2 heterocycles. The fourth-order valence-corrected chi connectivity index (χ4v) is 4.54. The molecule has 1 atom stereocenters. The number of rotatable bonds is 7. The van der Waals surface area contributed by atoms with E-state index in [4.69, 9.17) is 9.47 Å². The van der Waals surface area contributed by atoms with Crippen molar-refractivity contribution in [3.05, 3.63) is 70.9 Å². The van der Waals surface area contributed by atoms with Crippen LogP contribution in [0.15, 0.2) is 59.8 Å². The quantitative estimate of drug-likeness (QED) is 0.613. The number of benzene rings is 2. The zero-order valence-electron chi connectivity index (χ0n) is 20.0. The highest BCUT2D eigenvalue weighted by Gasteiger charge is 2.36. The van der Waals surface area contributed by atoms with Crippen molar-refractivity contribution in [3.8, 4) is 5.75 Å². The molecule has 2 N–H and O–H groups in total. The van der Waals surface area contributed by atoms with Crippen molar-refractivity contribution in [2.24, 2.45) is 0 Å². The first-order chi connectivity index (χ1) is 16.5. The van der Waals surface area contributed by atoms with Crippen LogP contribution >= 0.6 is 0 Å². The predicted molar refractivity (Wildman–Crippen MR) is 131 cm³/mol. The Labute approximate surface area is 200 Å². The lowest BCUT2D eigenvalue weighted by Gasteiger charge is -2.38. The summed E-state index contributed by atoms with van der Waals surface area (Å²) in [5, 5.41) is 5.76. The van der Waals surface area contributed by atoms with Gasteiger partial charge in [0.25, 0.3) is 0 Å². The normalized spacial score (nSPS) is 18.9. The van der Waals surface area contributed by atoms with Crippen LogP contribution in [0.3, 0.4) is 0 Å². The highest BCUT2D eigenvalue weighted by atomic mass is 16.5. The molecule has 2 aliphatic heterocycles. The van der Waals surface area contributed by atoms with Crippen LogP contribution in [-0.4, -0.2) is 63.3 Å². The summed E-state index contributed by atoms with van der Waals surface area (Å²) in [6.07, 6.45) is 0. The molecule has 34 heavy (non-hydrogen) atoms. The van der Waals surface area contributed by atoms with Crippen LogP contribution in [0, 0.1) is 6.92 Å². The largest absolute Gasteiger partial charge is 0.496 e. The van der Waals surface area contributed by atoms with Crippen molar-refractivity contribution in [1.29, 1.82) is 0 Å². The van der Waals surface area contributed by atoms with Crippen molar-refractivity contribution in [3.63, 3.8) is 0 Å². The molecule has 0 saturated carbocycles. The standard InChI is InChI=1S/C26H32N4O4/c1-4-34-25(31)23-21(27-26(32)28-24(23)20-10-5-6-11-22(20)33-3)17-29-12-14-30(15-13-29)19-9-7-8-18(2)16-19/h5-11,16,24H,4,12-15,17H2,1-3H3,(H2,27,28,32)/t24-/m1/s1. The Kier molecular flexibility index (Phi) is 7.37. The number of anilines is 1. The van der Waals surface area contributed by atoms with Gasteiger partial charge in [-0.05, 0) is 37.6 Å². The van der Waals surface area contributed by atoms with Gasteiger partial charge in [-0.1, -0.05) is 30.3 Å². The third-order valence-corrected chi connectivity index (χ3v) is 6.22. The summed E-state index contributed by atoms with van der Waals surface area (Å²) in [7, 11) is 1.57. The number of hydrogen-bond acceptors (Lipinski definition) is 6. The smallest absolute Gasteiger partial charge is 0.338 e. The first kappa shape index (κ1) is 23.6. The molecule has 4 rings (SSSR count). The fraction of sp³-hybridized carbons (Fsp3) is 0.385. The SMILES string of the molecule is CCOC(=O)C1=C(CN2CCN(c3cccc(C)c3)CC2)NC(=O)N[C@@H]1c1ccccc1OC. The monoisotopic (exact) mass is 464 g/mol. The number of aryl methyl sites for hydroxylation is 1. The zero-order valence-corrected chi connectivity index (χ0v) is 20.0. The van der Waals surface area contributed by atoms with Crippen molar-refractivity contribution in [2.75, 3.05) is 51.3 Å². The second-order valence-corrected chi connectivity index (χ2v) is 8.49. The van der Waals surface area contributed by atoms with E-state index >= 15 is 0 Å². The highest BCUT2D eigenvalue weighted by molar-refractivity contribution is 5.95. The summed E-state index contributed by atoms with van der Waals surface area (Å²) in [4.78, 5) is 30.3. The maximum Gasteiger partial charge on any atom is 0.338 e. The van der Waals surface area contributed by atoms with Gasteiger partial charge in [-0.25, -0.2) is 9.59 Å². The Balaban J connectivity index is 1.58. The first-order valence-corrected chi connectivity index (χ1v) is 11.6. The van der Waals surface area contributed by atoms with Crippen molar-refractivity contribution >= 4 is 17.7 Å². The number of urea groups is 1. The summed E-state index contributed by atoms with van der Waals surface area (Å²) in [6, 6.07) is 14.9. The van der Waals surface area contributed by atoms with E-state index in [2.05, 4.69) is 51.6 Å². The minimum absolute atomic E-state index is 0.247. The Morgan fingerprint density at radius 3 is 2.56 bits per heavy atom. The summed E-state index contributed by atoms with van der Waals surface area (Å²) in [5.41, 5.74) is 4.15. The summed E-state index contributed by atoms with van der Waals surface area (Å²) in [6.45, 7) is 7.94. The van der Waals surface area contributed by atoms with Crippen LogP contribution in [0.5, 0.6) is 5.75 Å². The van der Waals surface area contributed by atoms with E-state index < -0.39 is 12.0 Å². The molecule has 2 aromatic carbocycles. The number of para-hydroxylation sites is 1. The average Bonchev–Trinajstić information content (AvgIpc) is 2.84. The summed E-state index contributed by atoms with van der Waals surface area (Å²) in [5.74, 6) is 0.155. The van der Waals surface area contributed by atoms with E-state index in [1.165, 1.54) is 11.3 Å². The second-order valence-electron chi connectivity index (χ2n) is 8.49. The van der Waals surface area contributed by atoms with Crippen molar-refractivity contribution in [2.45, 2.75) is 19.9 Å². The average molecular weight is 465 g/mol. The van der Waals surface area contributed by atoms with Gasteiger partial charge < -0.3 is 25.0 Å². The van der Waals surface area contributed by atoms with Gasteiger partial charge in [0.05, 0.1) is 25.3 Å². The number of piperazine rings is 1. The number of carbonyl (C=O) groups is 2. The number of methoxy groups -OCH3 is 1. The van der Waals surface area contributed by atoms with E-state index in [-0.39, 0.29) is 12.6 Å². The van der Waals surface area contributed by atoms with Gasteiger partial charge in [0.1, 0.15) is 5.75 Å². The van der Waals surface area contributed by atoms with Gasteiger partial charge in [0.15, 0.2) is 0 Å². The number of nitrogens with zero attached hydrogens (tertiary/aromatic N) is 2. The molecule has 2 aliphatic rings. The maximum atomic E-state index is 13.1. The van der Waals surface area contributed by atoms with Gasteiger partial charge in [-0.2, -0.15) is 0 Å². The first-order valence-electron chi connectivity index (χ1n) is 11.6. The van der Waals surface area contributed by atoms with Crippen LogP contribution in [0.4, 0.5) is 10.5 Å². The highest BCUT2D eigenvalue weighted by Crippen LogP contribution is 2.33. The van der Waals surface area contributed by atoms with E-state index in [1.54, 1.807) is 14.0 Å². The molecule has 1 fully saturated rings. The lowest BCUT2D eigenvalue weighted by molar-refractivity contribution is -0.139. The Hall–Kier alpha value is -3.52.